The highest BCUT2D eigenvalue weighted by Gasteiger charge is 2.19. The normalized spacial score (nSPS) is 13.6. The van der Waals surface area contributed by atoms with Crippen LogP contribution in [0.25, 0.3) is 6.08 Å². The van der Waals surface area contributed by atoms with Crippen LogP contribution >= 0.6 is 0 Å². The van der Waals surface area contributed by atoms with Gasteiger partial charge in [0, 0.05) is 12.6 Å². The minimum Gasteiger partial charge on any atom is -0.493 e. The van der Waals surface area contributed by atoms with E-state index in [1.54, 1.807) is 24.3 Å². The Labute approximate surface area is 146 Å². The van der Waals surface area contributed by atoms with Gasteiger partial charge in [-0.15, -0.1) is 6.42 Å². The number of hydrogen-bond donors (Lipinski definition) is 0. The van der Waals surface area contributed by atoms with E-state index in [9.17, 15) is 9.59 Å². The third kappa shape index (κ3) is 4.42. The summed E-state index contributed by atoms with van der Waals surface area (Å²) in [5, 5.41) is 0. The van der Waals surface area contributed by atoms with Gasteiger partial charge in [0.1, 0.15) is 6.61 Å². The Kier molecular flexibility index (Phi) is 6.24. The Hall–Kier alpha value is -3.20. The number of hydrogen-bond acceptors (Lipinski definition) is 5. The molecule has 6 heteroatoms. The summed E-state index contributed by atoms with van der Waals surface area (Å²) in [6.45, 7) is 0.453. The third-order valence-corrected chi connectivity index (χ3v) is 3.51. The fraction of sp³-hybridized carbons (Fsp3) is 0.263. The van der Waals surface area contributed by atoms with Crippen molar-refractivity contribution in [2.75, 3.05) is 27.4 Å². The van der Waals surface area contributed by atoms with Crippen molar-refractivity contribution in [3.05, 3.63) is 35.9 Å². The quantitative estimate of drug-likeness (QED) is 0.585. The molecule has 0 saturated carbocycles. The molecule has 130 valence electrons. The van der Waals surface area contributed by atoms with Crippen LogP contribution in [0.15, 0.2) is 30.4 Å². The van der Waals surface area contributed by atoms with Gasteiger partial charge in [-0.3, -0.25) is 14.5 Å². The molecule has 2 amide bonds. The molecule has 1 aliphatic rings. The van der Waals surface area contributed by atoms with Crippen LogP contribution < -0.4 is 14.2 Å². The molecule has 1 aliphatic heterocycles. The average molecular weight is 341 g/mol. The summed E-state index contributed by atoms with van der Waals surface area (Å²) in [5.74, 6) is 2.94. The first-order valence-electron chi connectivity index (χ1n) is 7.63. The molecule has 0 atom stereocenters. The number of terminal acetylenes is 1. The molecule has 25 heavy (non-hydrogen) atoms. The molecule has 1 aromatic carbocycles. The number of amides is 2. The molecule has 1 aromatic rings. The van der Waals surface area contributed by atoms with E-state index in [0.29, 0.717) is 35.8 Å². The topological polar surface area (TPSA) is 65.1 Å². The van der Waals surface area contributed by atoms with Crippen LogP contribution in [0, 0.1) is 12.3 Å². The molecular weight excluding hydrogens is 322 g/mol. The Morgan fingerprint density at radius 2 is 2.00 bits per heavy atom. The lowest BCUT2D eigenvalue weighted by Gasteiger charge is -2.19. The highest BCUT2D eigenvalue weighted by molar-refractivity contribution is 6.06. The number of carbonyl (C=O) groups excluding carboxylic acids is 2. The maximum absolute atomic E-state index is 12.2. The van der Waals surface area contributed by atoms with Crippen molar-refractivity contribution in [2.45, 2.75) is 6.42 Å². The minimum atomic E-state index is -0.375. The minimum absolute atomic E-state index is 0.0744. The Bertz CT molecular complexity index is 733. The number of rotatable bonds is 6. The van der Waals surface area contributed by atoms with Crippen molar-refractivity contribution in [3.8, 4) is 29.6 Å². The lowest BCUT2D eigenvalue weighted by Crippen LogP contribution is -2.37. The second kappa shape index (κ2) is 8.60. The van der Waals surface area contributed by atoms with Gasteiger partial charge < -0.3 is 14.2 Å². The first-order chi connectivity index (χ1) is 12.1. The number of nitrogens with zero attached hydrogens (tertiary/aromatic N) is 1. The van der Waals surface area contributed by atoms with Crippen LogP contribution in [0.5, 0.6) is 17.2 Å². The summed E-state index contributed by atoms with van der Waals surface area (Å²) >= 11 is 0. The SMILES string of the molecule is C#CCOc1c(OC)cc(/C=C/C(=O)N2CCC=CC2=O)cc1OC. The predicted molar refractivity (Wildman–Crippen MR) is 93.4 cm³/mol. The van der Waals surface area contributed by atoms with Gasteiger partial charge in [-0.25, -0.2) is 0 Å². The van der Waals surface area contributed by atoms with Crippen molar-refractivity contribution in [1.82, 2.24) is 4.90 Å². The molecule has 0 radical (unpaired) electrons. The largest absolute Gasteiger partial charge is 0.493 e. The Balaban J connectivity index is 2.24. The summed E-state index contributed by atoms with van der Waals surface area (Å²) in [6.07, 6.45) is 12.0. The molecule has 6 nitrogen and oxygen atoms in total. The number of carbonyl (C=O) groups is 2. The zero-order valence-electron chi connectivity index (χ0n) is 14.2. The predicted octanol–water partition coefficient (Wildman–Crippen LogP) is 2.04. The average Bonchev–Trinajstić information content (AvgIpc) is 2.64. The van der Waals surface area contributed by atoms with E-state index in [4.69, 9.17) is 20.6 Å². The Morgan fingerprint density at radius 3 is 2.56 bits per heavy atom. The van der Waals surface area contributed by atoms with Gasteiger partial charge in [0.2, 0.25) is 5.75 Å². The van der Waals surface area contributed by atoms with E-state index >= 15 is 0 Å². The van der Waals surface area contributed by atoms with Crippen LogP contribution in [0.1, 0.15) is 12.0 Å². The van der Waals surface area contributed by atoms with Gasteiger partial charge >= 0.3 is 0 Å². The van der Waals surface area contributed by atoms with Crippen LogP contribution in [0.2, 0.25) is 0 Å². The van der Waals surface area contributed by atoms with Crippen molar-refractivity contribution < 1.29 is 23.8 Å². The van der Waals surface area contributed by atoms with Gasteiger partial charge in [-0.1, -0.05) is 12.0 Å². The van der Waals surface area contributed by atoms with Crippen molar-refractivity contribution in [3.63, 3.8) is 0 Å². The standard InChI is InChI=1S/C19H19NO5/c1-4-11-25-19-15(23-2)12-14(13-16(19)24-3)8-9-18(22)20-10-6-5-7-17(20)21/h1,5,7-9,12-13H,6,10-11H2,2-3H3/b9-8+. The van der Waals surface area contributed by atoms with Crippen molar-refractivity contribution >= 4 is 17.9 Å². The van der Waals surface area contributed by atoms with Crippen molar-refractivity contribution in [2.24, 2.45) is 0 Å². The smallest absolute Gasteiger partial charge is 0.253 e. The summed E-state index contributed by atoms with van der Waals surface area (Å²) in [7, 11) is 2.99. The summed E-state index contributed by atoms with van der Waals surface area (Å²) < 4.78 is 16.1. The molecule has 2 rings (SSSR count). The lowest BCUT2D eigenvalue weighted by atomic mass is 10.1. The van der Waals surface area contributed by atoms with Gasteiger partial charge in [-0.2, -0.15) is 0 Å². The zero-order chi connectivity index (χ0) is 18.2. The second-order valence-corrected chi connectivity index (χ2v) is 5.10. The van der Waals surface area contributed by atoms with Crippen LogP contribution in [0.3, 0.4) is 0 Å². The number of ether oxygens (including phenoxy) is 3. The van der Waals surface area contributed by atoms with Crippen LogP contribution in [-0.2, 0) is 9.59 Å². The fourth-order valence-corrected chi connectivity index (χ4v) is 2.32. The molecule has 0 fully saturated rings. The van der Waals surface area contributed by atoms with Gasteiger partial charge in [0.25, 0.3) is 11.8 Å². The number of methoxy groups -OCH3 is 2. The van der Waals surface area contributed by atoms with E-state index in [1.807, 2.05) is 0 Å². The van der Waals surface area contributed by atoms with Gasteiger partial charge in [0.05, 0.1) is 14.2 Å². The van der Waals surface area contributed by atoms with E-state index in [2.05, 4.69) is 5.92 Å². The van der Waals surface area contributed by atoms with Gasteiger partial charge in [0.15, 0.2) is 11.5 Å². The molecule has 0 unspecified atom stereocenters. The van der Waals surface area contributed by atoms with E-state index in [-0.39, 0.29) is 18.4 Å². The summed E-state index contributed by atoms with van der Waals surface area (Å²) in [5.41, 5.74) is 0.662. The molecular formula is C19H19NO5. The number of benzene rings is 1. The highest BCUT2D eigenvalue weighted by Crippen LogP contribution is 2.38. The van der Waals surface area contributed by atoms with Crippen molar-refractivity contribution in [1.29, 1.82) is 0 Å². The highest BCUT2D eigenvalue weighted by atomic mass is 16.5. The second-order valence-electron chi connectivity index (χ2n) is 5.10. The number of imide groups is 1. The molecule has 0 spiro atoms. The molecule has 0 N–H and O–H groups in total. The van der Waals surface area contributed by atoms with Crippen LogP contribution in [0.4, 0.5) is 0 Å². The van der Waals surface area contributed by atoms with E-state index < -0.39 is 0 Å². The van der Waals surface area contributed by atoms with E-state index in [0.717, 1.165) is 0 Å². The summed E-state index contributed by atoms with van der Waals surface area (Å²) in [4.78, 5) is 25.1. The van der Waals surface area contributed by atoms with Crippen LogP contribution in [-0.4, -0.2) is 44.1 Å². The zero-order valence-corrected chi connectivity index (χ0v) is 14.2. The summed E-state index contributed by atoms with van der Waals surface area (Å²) in [6, 6.07) is 3.38. The first-order valence-corrected chi connectivity index (χ1v) is 7.63. The lowest BCUT2D eigenvalue weighted by molar-refractivity contribution is -0.139. The molecule has 1 heterocycles. The van der Waals surface area contributed by atoms with Gasteiger partial charge in [-0.05, 0) is 36.3 Å². The maximum atomic E-state index is 12.2. The first kappa shape index (κ1) is 18.1. The monoisotopic (exact) mass is 341 g/mol. The third-order valence-electron chi connectivity index (χ3n) is 3.51. The Morgan fingerprint density at radius 1 is 1.32 bits per heavy atom. The molecule has 0 saturated heterocycles. The maximum Gasteiger partial charge on any atom is 0.253 e. The molecule has 0 aliphatic carbocycles. The fourth-order valence-electron chi connectivity index (χ4n) is 2.32. The molecule has 0 bridgehead atoms. The molecule has 0 aromatic heterocycles. The van der Waals surface area contributed by atoms with E-state index in [1.165, 1.54) is 31.3 Å².